The number of carboxylic acid groups (broad SMARTS) is 1. The SMILES string of the molecule is CC(Cc1cccs1)Nc1ccnc(C(=O)O)c1. The number of thiophene rings is 1. The van der Waals surface area contributed by atoms with Crippen molar-refractivity contribution in [1.29, 1.82) is 0 Å². The lowest BCUT2D eigenvalue weighted by atomic mass is 10.2. The van der Waals surface area contributed by atoms with E-state index in [1.165, 1.54) is 11.1 Å². The first-order valence-corrected chi connectivity index (χ1v) is 6.51. The van der Waals surface area contributed by atoms with E-state index in [1.54, 1.807) is 23.5 Å². The Labute approximate surface area is 109 Å². The molecular weight excluding hydrogens is 248 g/mol. The van der Waals surface area contributed by atoms with Gasteiger partial charge in [-0.2, -0.15) is 0 Å². The van der Waals surface area contributed by atoms with E-state index in [9.17, 15) is 4.79 Å². The third kappa shape index (κ3) is 3.30. The Morgan fingerprint density at radius 1 is 1.56 bits per heavy atom. The van der Waals surface area contributed by atoms with Crippen LogP contribution in [-0.2, 0) is 6.42 Å². The Morgan fingerprint density at radius 3 is 3.06 bits per heavy atom. The van der Waals surface area contributed by atoms with Crippen LogP contribution in [0.2, 0.25) is 0 Å². The number of nitrogens with one attached hydrogen (secondary N) is 1. The van der Waals surface area contributed by atoms with Crippen LogP contribution in [0, 0.1) is 0 Å². The Balaban J connectivity index is 2.00. The fraction of sp³-hybridized carbons (Fsp3) is 0.231. The summed E-state index contributed by atoms with van der Waals surface area (Å²) in [6, 6.07) is 7.69. The van der Waals surface area contributed by atoms with Crippen LogP contribution in [0.5, 0.6) is 0 Å². The van der Waals surface area contributed by atoms with Crippen molar-refractivity contribution in [2.75, 3.05) is 5.32 Å². The van der Waals surface area contributed by atoms with Crippen LogP contribution in [0.3, 0.4) is 0 Å². The van der Waals surface area contributed by atoms with Crippen LogP contribution in [0.4, 0.5) is 5.69 Å². The highest BCUT2D eigenvalue weighted by molar-refractivity contribution is 7.09. The molecule has 2 heterocycles. The van der Waals surface area contributed by atoms with Gasteiger partial charge < -0.3 is 10.4 Å². The predicted molar refractivity (Wildman–Crippen MR) is 72.3 cm³/mol. The van der Waals surface area contributed by atoms with Crippen molar-refractivity contribution in [2.45, 2.75) is 19.4 Å². The maximum atomic E-state index is 10.8. The summed E-state index contributed by atoms with van der Waals surface area (Å²) in [6.07, 6.45) is 2.42. The Hall–Kier alpha value is -1.88. The molecule has 2 aromatic rings. The third-order valence-corrected chi connectivity index (χ3v) is 3.38. The molecule has 0 saturated carbocycles. The van der Waals surface area contributed by atoms with Gasteiger partial charge >= 0.3 is 5.97 Å². The molecule has 0 aliphatic heterocycles. The van der Waals surface area contributed by atoms with Gasteiger partial charge in [0.1, 0.15) is 5.69 Å². The van der Waals surface area contributed by atoms with Gasteiger partial charge in [-0.3, -0.25) is 0 Å². The average Bonchev–Trinajstić information content (AvgIpc) is 2.82. The number of rotatable bonds is 5. The Morgan fingerprint density at radius 2 is 2.39 bits per heavy atom. The summed E-state index contributed by atoms with van der Waals surface area (Å²) in [5.41, 5.74) is 0.842. The molecule has 0 aliphatic rings. The van der Waals surface area contributed by atoms with E-state index in [2.05, 4.69) is 28.7 Å². The summed E-state index contributed by atoms with van der Waals surface area (Å²) in [5.74, 6) is -1.01. The van der Waals surface area contributed by atoms with E-state index in [0.29, 0.717) is 0 Å². The first-order valence-electron chi connectivity index (χ1n) is 5.63. The van der Waals surface area contributed by atoms with Crippen molar-refractivity contribution >= 4 is 23.0 Å². The maximum absolute atomic E-state index is 10.8. The number of hydrogen-bond acceptors (Lipinski definition) is 4. The molecule has 0 aliphatic carbocycles. The van der Waals surface area contributed by atoms with Crippen molar-refractivity contribution in [2.24, 2.45) is 0 Å². The number of anilines is 1. The molecule has 0 saturated heterocycles. The number of carboxylic acids is 1. The van der Waals surface area contributed by atoms with Crippen molar-refractivity contribution < 1.29 is 9.90 Å². The van der Waals surface area contributed by atoms with Crippen LogP contribution in [0.1, 0.15) is 22.3 Å². The smallest absolute Gasteiger partial charge is 0.354 e. The van der Waals surface area contributed by atoms with Crippen molar-refractivity contribution in [3.8, 4) is 0 Å². The number of nitrogens with zero attached hydrogens (tertiary/aromatic N) is 1. The van der Waals surface area contributed by atoms with Gasteiger partial charge in [-0.15, -0.1) is 11.3 Å². The Kier molecular flexibility index (Phi) is 3.94. The Bertz CT molecular complexity index is 526. The molecule has 0 aromatic carbocycles. The lowest BCUT2D eigenvalue weighted by molar-refractivity contribution is 0.0690. The summed E-state index contributed by atoms with van der Waals surface area (Å²) in [7, 11) is 0. The first kappa shape index (κ1) is 12.6. The van der Waals surface area contributed by atoms with Crippen LogP contribution >= 0.6 is 11.3 Å². The highest BCUT2D eigenvalue weighted by Crippen LogP contribution is 2.15. The van der Waals surface area contributed by atoms with E-state index in [0.717, 1.165) is 12.1 Å². The molecule has 1 unspecified atom stereocenters. The van der Waals surface area contributed by atoms with E-state index >= 15 is 0 Å². The number of aromatic carboxylic acids is 1. The predicted octanol–water partition coefficient (Wildman–Crippen LogP) is 2.88. The fourth-order valence-corrected chi connectivity index (χ4v) is 2.54. The summed E-state index contributed by atoms with van der Waals surface area (Å²) in [5, 5.41) is 14.2. The monoisotopic (exact) mass is 262 g/mol. The topological polar surface area (TPSA) is 62.2 Å². The highest BCUT2D eigenvalue weighted by Gasteiger charge is 2.08. The van der Waals surface area contributed by atoms with E-state index in [1.807, 2.05) is 6.07 Å². The second-order valence-electron chi connectivity index (χ2n) is 4.06. The van der Waals surface area contributed by atoms with Crippen LogP contribution in [-0.4, -0.2) is 22.1 Å². The van der Waals surface area contributed by atoms with Crippen molar-refractivity contribution in [1.82, 2.24) is 4.98 Å². The fourth-order valence-electron chi connectivity index (χ4n) is 1.70. The molecule has 5 heteroatoms. The van der Waals surface area contributed by atoms with Crippen molar-refractivity contribution in [3.63, 3.8) is 0 Å². The normalized spacial score (nSPS) is 12.1. The third-order valence-electron chi connectivity index (χ3n) is 2.48. The largest absolute Gasteiger partial charge is 0.477 e. The minimum atomic E-state index is -1.01. The highest BCUT2D eigenvalue weighted by atomic mass is 32.1. The molecule has 4 nitrogen and oxygen atoms in total. The zero-order valence-corrected chi connectivity index (χ0v) is 10.8. The molecule has 0 radical (unpaired) electrons. The molecule has 18 heavy (non-hydrogen) atoms. The van der Waals surface area contributed by atoms with Gasteiger partial charge in [-0.25, -0.2) is 9.78 Å². The number of carbonyl (C=O) groups is 1. The molecule has 0 bridgehead atoms. The van der Waals surface area contributed by atoms with Crippen molar-refractivity contribution in [3.05, 3.63) is 46.4 Å². The first-order chi connectivity index (χ1) is 8.65. The average molecular weight is 262 g/mol. The van der Waals surface area contributed by atoms with Gasteiger partial charge in [0.05, 0.1) is 0 Å². The maximum Gasteiger partial charge on any atom is 0.354 e. The van der Waals surface area contributed by atoms with Gasteiger partial charge in [0, 0.05) is 29.2 Å². The second kappa shape index (κ2) is 5.64. The molecule has 0 amide bonds. The zero-order valence-electron chi connectivity index (χ0n) is 9.96. The summed E-state index contributed by atoms with van der Waals surface area (Å²) in [6.45, 7) is 2.07. The number of hydrogen-bond donors (Lipinski definition) is 2. The quantitative estimate of drug-likeness (QED) is 0.869. The van der Waals surface area contributed by atoms with E-state index in [-0.39, 0.29) is 11.7 Å². The lowest BCUT2D eigenvalue weighted by Gasteiger charge is -2.14. The standard InChI is InChI=1S/C13H14N2O2S/c1-9(7-11-3-2-6-18-11)15-10-4-5-14-12(8-10)13(16)17/h2-6,8-9H,7H2,1H3,(H,14,15)(H,16,17). The van der Waals surface area contributed by atoms with E-state index < -0.39 is 5.97 Å². The van der Waals surface area contributed by atoms with Gasteiger partial charge in [-0.05, 0) is 30.5 Å². The molecule has 2 aromatic heterocycles. The lowest BCUT2D eigenvalue weighted by Crippen LogP contribution is -2.18. The van der Waals surface area contributed by atoms with Crippen LogP contribution in [0.15, 0.2) is 35.8 Å². The molecular formula is C13H14N2O2S. The van der Waals surface area contributed by atoms with E-state index in [4.69, 9.17) is 5.11 Å². The van der Waals surface area contributed by atoms with Gasteiger partial charge in [0.25, 0.3) is 0 Å². The molecule has 94 valence electrons. The molecule has 2 N–H and O–H groups in total. The molecule has 0 fully saturated rings. The molecule has 1 atom stereocenters. The van der Waals surface area contributed by atoms with Gasteiger partial charge in [-0.1, -0.05) is 6.07 Å². The second-order valence-corrected chi connectivity index (χ2v) is 5.10. The zero-order chi connectivity index (χ0) is 13.0. The van der Waals surface area contributed by atoms with Crippen LogP contribution < -0.4 is 5.32 Å². The van der Waals surface area contributed by atoms with Crippen LogP contribution in [0.25, 0.3) is 0 Å². The summed E-state index contributed by atoms with van der Waals surface area (Å²) < 4.78 is 0. The molecule has 0 spiro atoms. The minimum Gasteiger partial charge on any atom is -0.477 e. The van der Waals surface area contributed by atoms with Gasteiger partial charge in [0.2, 0.25) is 0 Å². The number of pyridine rings is 1. The number of aromatic nitrogens is 1. The molecule has 2 rings (SSSR count). The summed E-state index contributed by atoms with van der Waals surface area (Å²) in [4.78, 5) is 15.9. The van der Waals surface area contributed by atoms with Gasteiger partial charge in [0.15, 0.2) is 0 Å². The summed E-state index contributed by atoms with van der Waals surface area (Å²) >= 11 is 1.72. The minimum absolute atomic E-state index is 0.0586.